The lowest BCUT2D eigenvalue weighted by atomic mass is 10.1. The predicted molar refractivity (Wildman–Crippen MR) is 48.3 cm³/mol. The van der Waals surface area contributed by atoms with Crippen LogP contribution in [0.15, 0.2) is 41.2 Å². The minimum absolute atomic E-state index is 1.02. The van der Waals surface area contributed by atoms with Crippen LogP contribution in [0.4, 0.5) is 0 Å². The standard InChI is InChI=1S/C9H12N2/c10-7-4-8-11-9-5-2-1-3-6-9/h2,4-8H,1,3,10H2. The molecule has 2 heteroatoms. The van der Waals surface area contributed by atoms with Crippen molar-refractivity contribution in [2.45, 2.75) is 12.8 Å². The zero-order valence-electron chi connectivity index (χ0n) is 6.40. The fourth-order valence-electron chi connectivity index (χ4n) is 0.874. The smallest absolute Gasteiger partial charge is 0.0586 e. The van der Waals surface area contributed by atoms with E-state index in [1.54, 1.807) is 12.3 Å². The number of hydrogen-bond donors (Lipinski definition) is 1. The lowest BCUT2D eigenvalue weighted by Crippen LogP contribution is -1.82. The van der Waals surface area contributed by atoms with Crippen LogP contribution in [0.25, 0.3) is 0 Å². The summed E-state index contributed by atoms with van der Waals surface area (Å²) in [4.78, 5) is 4.16. The zero-order valence-corrected chi connectivity index (χ0v) is 6.40. The van der Waals surface area contributed by atoms with E-state index in [1.807, 2.05) is 6.08 Å². The van der Waals surface area contributed by atoms with Crippen LogP contribution in [-0.4, -0.2) is 6.21 Å². The highest BCUT2D eigenvalue weighted by molar-refractivity contribution is 5.72. The highest BCUT2D eigenvalue weighted by Crippen LogP contribution is 2.09. The van der Waals surface area contributed by atoms with Gasteiger partial charge in [-0.25, -0.2) is 0 Å². The molecule has 1 aliphatic carbocycles. The molecule has 2 nitrogen and oxygen atoms in total. The summed E-state index contributed by atoms with van der Waals surface area (Å²) in [5, 5.41) is 0. The average molecular weight is 148 g/mol. The van der Waals surface area contributed by atoms with Crippen LogP contribution in [0.5, 0.6) is 0 Å². The second-order valence-electron chi connectivity index (χ2n) is 2.27. The highest BCUT2D eigenvalue weighted by Gasteiger charge is 1.91. The van der Waals surface area contributed by atoms with Gasteiger partial charge in [-0.15, -0.1) is 0 Å². The van der Waals surface area contributed by atoms with Gasteiger partial charge in [0.1, 0.15) is 0 Å². The van der Waals surface area contributed by atoms with Crippen LogP contribution in [0.1, 0.15) is 12.8 Å². The molecular weight excluding hydrogens is 136 g/mol. The second kappa shape index (κ2) is 4.50. The van der Waals surface area contributed by atoms with Crippen molar-refractivity contribution in [2.75, 3.05) is 0 Å². The summed E-state index contributed by atoms with van der Waals surface area (Å²) in [7, 11) is 0. The minimum Gasteiger partial charge on any atom is -0.405 e. The molecule has 58 valence electrons. The van der Waals surface area contributed by atoms with Crippen molar-refractivity contribution >= 4 is 6.21 Å². The molecular formula is C9H12N2. The van der Waals surface area contributed by atoms with Gasteiger partial charge in [0, 0.05) is 6.21 Å². The first-order valence-electron chi connectivity index (χ1n) is 3.71. The van der Waals surface area contributed by atoms with Gasteiger partial charge in [-0.3, -0.25) is 4.99 Å². The summed E-state index contributed by atoms with van der Waals surface area (Å²) >= 11 is 0. The maximum atomic E-state index is 5.13. The van der Waals surface area contributed by atoms with Crippen LogP contribution in [0, 0.1) is 0 Å². The van der Waals surface area contributed by atoms with Gasteiger partial charge in [-0.1, -0.05) is 12.2 Å². The number of aliphatic imine (C=N–C) groups is 1. The SMILES string of the molecule is NC=CC=NC1=CCCC=C1. The molecule has 1 rings (SSSR count). The molecule has 2 N–H and O–H groups in total. The molecule has 1 aliphatic rings. The van der Waals surface area contributed by atoms with Crippen LogP contribution in [0.3, 0.4) is 0 Å². The van der Waals surface area contributed by atoms with Crippen molar-refractivity contribution in [3.8, 4) is 0 Å². The first-order chi connectivity index (χ1) is 5.43. The lowest BCUT2D eigenvalue weighted by molar-refractivity contribution is 1.01. The van der Waals surface area contributed by atoms with Gasteiger partial charge in [-0.05, 0) is 31.2 Å². The van der Waals surface area contributed by atoms with E-state index >= 15 is 0 Å². The Morgan fingerprint density at radius 3 is 3.00 bits per heavy atom. The Morgan fingerprint density at radius 1 is 1.45 bits per heavy atom. The van der Waals surface area contributed by atoms with E-state index in [0.29, 0.717) is 0 Å². The Kier molecular flexibility index (Phi) is 3.19. The van der Waals surface area contributed by atoms with Gasteiger partial charge < -0.3 is 5.73 Å². The van der Waals surface area contributed by atoms with Crippen molar-refractivity contribution in [2.24, 2.45) is 10.7 Å². The molecule has 11 heavy (non-hydrogen) atoms. The molecule has 0 aromatic carbocycles. The van der Waals surface area contributed by atoms with Crippen molar-refractivity contribution in [1.29, 1.82) is 0 Å². The molecule has 0 radical (unpaired) electrons. The van der Waals surface area contributed by atoms with Gasteiger partial charge in [0.05, 0.1) is 5.70 Å². The van der Waals surface area contributed by atoms with Crippen molar-refractivity contribution < 1.29 is 0 Å². The van der Waals surface area contributed by atoms with Gasteiger partial charge in [0.15, 0.2) is 0 Å². The Labute approximate surface area is 66.8 Å². The van der Waals surface area contributed by atoms with Gasteiger partial charge in [0.25, 0.3) is 0 Å². The zero-order chi connectivity index (χ0) is 7.94. The van der Waals surface area contributed by atoms with Crippen LogP contribution in [0.2, 0.25) is 0 Å². The molecule has 0 saturated carbocycles. The Morgan fingerprint density at radius 2 is 2.36 bits per heavy atom. The third-order valence-corrected chi connectivity index (χ3v) is 1.40. The summed E-state index contributed by atoms with van der Waals surface area (Å²) in [6, 6.07) is 0. The van der Waals surface area contributed by atoms with E-state index in [1.165, 1.54) is 6.20 Å². The summed E-state index contributed by atoms with van der Waals surface area (Å²) in [5.41, 5.74) is 6.16. The highest BCUT2D eigenvalue weighted by atomic mass is 14.7. The molecule has 0 aromatic heterocycles. The first-order valence-corrected chi connectivity index (χ1v) is 3.71. The van der Waals surface area contributed by atoms with Crippen molar-refractivity contribution in [3.05, 3.63) is 36.2 Å². The van der Waals surface area contributed by atoms with Gasteiger partial charge in [0.2, 0.25) is 0 Å². The van der Waals surface area contributed by atoms with E-state index in [-0.39, 0.29) is 0 Å². The van der Waals surface area contributed by atoms with Crippen molar-refractivity contribution in [3.63, 3.8) is 0 Å². The maximum Gasteiger partial charge on any atom is 0.0586 e. The lowest BCUT2D eigenvalue weighted by Gasteiger charge is -1.98. The van der Waals surface area contributed by atoms with E-state index in [9.17, 15) is 0 Å². The van der Waals surface area contributed by atoms with Crippen LogP contribution in [-0.2, 0) is 0 Å². The molecule has 0 fully saturated rings. The minimum atomic E-state index is 1.02. The number of allylic oxidation sites excluding steroid dienone is 4. The third-order valence-electron chi connectivity index (χ3n) is 1.40. The van der Waals surface area contributed by atoms with Gasteiger partial charge in [-0.2, -0.15) is 0 Å². The summed E-state index contributed by atoms with van der Waals surface area (Å²) in [5.74, 6) is 0. The monoisotopic (exact) mass is 148 g/mol. The summed E-state index contributed by atoms with van der Waals surface area (Å²) in [6.45, 7) is 0. The van der Waals surface area contributed by atoms with E-state index < -0.39 is 0 Å². The van der Waals surface area contributed by atoms with Gasteiger partial charge >= 0.3 is 0 Å². The molecule has 0 saturated heterocycles. The van der Waals surface area contributed by atoms with E-state index in [0.717, 1.165) is 18.5 Å². The first kappa shape index (κ1) is 7.79. The quantitative estimate of drug-likeness (QED) is 0.595. The summed E-state index contributed by atoms with van der Waals surface area (Å²) < 4.78 is 0. The molecule has 0 unspecified atom stereocenters. The largest absolute Gasteiger partial charge is 0.405 e. The molecule has 0 amide bonds. The number of nitrogens with two attached hydrogens (primary N) is 1. The number of nitrogens with zero attached hydrogens (tertiary/aromatic N) is 1. The molecule has 0 aliphatic heterocycles. The summed E-state index contributed by atoms with van der Waals surface area (Å²) in [6.07, 6.45) is 13.4. The molecule has 0 aromatic rings. The van der Waals surface area contributed by atoms with Crippen molar-refractivity contribution in [1.82, 2.24) is 0 Å². The van der Waals surface area contributed by atoms with Crippen LogP contribution >= 0.6 is 0 Å². The molecule has 0 spiro atoms. The van der Waals surface area contributed by atoms with Crippen LogP contribution < -0.4 is 5.73 Å². The maximum absolute atomic E-state index is 5.13. The fraction of sp³-hybridized carbons (Fsp3) is 0.222. The predicted octanol–water partition coefficient (Wildman–Crippen LogP) is 1.76. The average Bonchev–Trinajstić information content (AvgIpc) is 2.07. The van der Waals surface area contributed by atoms with E-state index in [4.69, 9.17) is 5.73 Å². The Bertz CT molecular complexity index is 222. The Hall–Kier alpha value is -1.31. The molecule has 0 heterocycles. The van der Waals surface area contributed by atoms with E-state index in [2.05, 4.69) is 17.1 Å². The third kappa shape index (κ3) is 2.85. The fourth-order valence-corrected chi connectivity index (χ4v) is 0.874. The molecule has 0 bridgehead atoms. The number of rotatable bonds is 2. The molecule has 0 atom stereocenters. The second-order valence-corrected chi connectivity index (χ2v) is 2.27. The normalized spacial score (nSPS) is 18.0. The Balaban J connectivity index is 2.48. The topological polar surface area (TPSA) is 38.4 Å². The number of hydrogen-bond acceptors (Lipinski definition) is 2.